The van der Waals surface area contributed by atoms with Crippen LogP contribution in [0.25, 0.3) is 0 Å². The predicted octanol–water partition coefficient (Wildman–Crippen LogP) is 2.43. The maximum atomic E-state index is 10.1. The van der Waals surface area contributed by atoms with Crippen molar-refractivity contribution in [1.82, 2.24) is 0 Å². The van der Waals surface area contributed by atoms with Crippen LogP contribution in [0.3, 0.4) is 0 Å². The Bertz CT molecular complexity index is 384. The fourth-order valence-corrected chi connectivity index (χ4v) is 2.72. The van der Waals surface area contributed by atoms with Crippen molar-refractivity contribution in [2.45, 2.75) is 44.1 Å². The van der Waals surface area contributed by atoms with E-state index in [1.165, 1.54) is 5.56 Å². The van der Waals surface area contributed by atoms with E-state index in [4.69, 9.17) is 10.5 Å². The van der Waals surface area contributed by atoms with Gasteiger partial charge in [0.25, 0.3) is 0 Å². The Morgan fingerprint density at radius 2 is 2.11 bits per heavy atom. The SMILES string of the molecule is CCOc1cccc(C2CCC(O)(CN)CC2)c1. The zero-order valence-electron chi connectivity index (χ0n) is 11.1. The molecule has 2 rings (SSSR count). The molecule has 0 bridgehead atoms. The van der Waals surface area contributed by atoms with Crippen molar-refractivity contribution >= 4 is 0 Å². The molecular formula is C15H23NO2. The van der Waals surface area contributed by atoms with Crippen molar-refractivity contribution in [1.29, 1.82) is 0 Å². The van der Waals surface area contributed by atoms with Gasteiger partial charge >= 0.3 is 0 Å². The molecule has 0 amide bonds. The first-order valence-corrected chi connectivity index (χ1v) is 6.82. The molecular weight excluding hydrogens is 226 g/mol. The van der Waals surface area contributed by atoms with Crippen molar-refractivity contribution in [2.24, 2.45) is 5.73 Å². The lowest BCUT2D eigenvalue weighted by atomic mass is 9.76. The summed E-state index contributed by atoms with van der Waals surface area (Å²) in [6.07, 6.45) is 3.60. The molecule has 0 radical (unpaired) electrons. The van der Waals surface area contributed by atoms with Crippen LogP contribution >= 0.6 is 0 Å². The van der Waals surface area contributed by atoms with Gasteiger partial charge in [-0.3, -0.25) is 0 Å². The van der Waals surface area contributed by atoms with Gasteiger partial charge < -0.3 is 15.6 Å². The molecule has 0 atom stereocenters. The normalized spacial score (nSPS) is 28.1. The van der Waals surface area contributed by atoms with Crippen molar-refractivity contribution in [3.05, 3.63) is 29.8 Å². The molecule has 0 aromatic heterocycles. The Morgan fingerprint density at radius 1 is 1.39 bits per heavy atom. The molecule has 1 fully saturated rings. The van der Waals surface area contributed by atoms with Crippen LogP contribution in [-0.2, 0) is 0 Å². The van der Waals surface area contributed by atoms with E-state index in [2.05, 4.69) is 12.1 Å². The zero-order valence-corrected chi connectivity index (χ0v) is 11.1. The summed E-state index contributed by atoms with van der Waals surface area (Å²) in [4.78, 5) is 0. The standard InChI is InChI=1S/C15H23NO2/c1-2-18-14-5-3-4-13(10-14)12-6-8-15(17,11-16)9-7-12/h3-5,10,12,17H,2,6-9,11,16H2,1H3. The van der Waals surface area contributed by atoms with Gasteiger partial charge in [-0.25, -0.2) is 0 Å². The minimum atomic E-state index is -0.631. The zero-order chi connectivity index (χ0) is 13.0. The van der Waals surface area contributed by atoms with Crippen LogP contribution in [0.15, 0.2) is 24.3 Å². The van der Waals surface area contributed by atoms with E-state index in [9.17, 15) is 5.11 Å². The average molecular weight is 249 g/mol. The number of benzene rings is 1. The Balaban J connectivity index is 2.03. The Hall–Kier alpha value is -1.06. The first kappa shape index (κ1) is 13.4. The lowest BCUT2D eigenvalue weighted by molar-refractivity contribution is 0.00766. The number of hydrogen-bond acceptors (Lipinski definition) is 3. The molecule has 1 aromatic carbocycles. The van der Waals surface area contributed by atoms with Gasteiger partial charge in [0.2, 0.25) is 0 Å². The van der Waals surface area contributed by atoms with Crippen LogP contribution < -0.4 is 10.5 Å². The maximum absolute atomic E-state index is 10.1. The molecule has 18 heavy (non-hydrogen) atoms. The van der Waals surface area contributed by atoms with Crippen LogP contribution in [0.1, 0.15) is 44.1 Å². The second-order valence-corrected chi connectivity index (χ2v) is 5.21. The maximum Gasteiger partial charge on any atom is 0.119 e. The summed E-state index contributed by atoms with van der Waals surface area (Å²) in [6, 6.07) is 8.32. The highest BCUT2D eigenvalue weighted by Gasteiger charge is 2.32. The van der Waals surface area contributed by atoms with Crippen LogP contribution in [-0.4, -0.2) is 23.9 Å². The number of rotatable bonds is 4. The number of aliphatic hydroxyl groups is 1. The van der Waals surface area contributed by atoms with Gasteiger partial charge in [-0.15, -0.1) is 0 Å². The first-order valence-electron chi connectivity index (χ1n) is 6.82. The van der Waals surface area contributed by atoms with Gasteiger partial charge in [-0.2, -0.15) is 0 Å². The lowest BCUT2D eigenvalue weighted by Crippen LogP contribution is -2.40. The highest BCUT2D eigenvalue weighted by molar-refractivity contribution is 5.31. The van der Waals surface area contributed by atoms with Gasteiger partial charge in [0, 0.05) is 6.54 Å². The Kier molecular flexibility index (Phi) is 4.25. The first-order chi connectivity index (χ1) is 8.67. The summed E-state index contributed by atoms with van der Waals surface area (Å²) >= 11 is 0. The summed E-state index contributed by atoms with van der Waals surface area (Å²) < 4.78 is 5.53. The predicted molar refractivity (Wildman–Crippen MR) is 72.8 cm³/mol. The quantitative estimate of drug-likeness (QED) is 0.861. The highest BCUT2D eigenvalue weighted by atomic mass is 16.5. The summed E-state index contributed by atoms with van der Waals surface area (Å²) in [5, 5.41) is 10.1. The molecule has 0 saturated heterocycles. The summed E-state index contributed by atoms with van der Waals surface area (Å²) in [5.74, 6) is 1.46. The van der Waals surface area contributed by atoms with Gasteiger partial charge in [0.05, 0.1) is 12.2 Å². The van der Waals surface area contributed by atoms with Crippen molar-refractivity contribution < 1.29 is 9.84 Å². The molecule has 100 valence electrons. The molecule has 0 spiro atoms. The second-order valence-electron chi connectivity index (χ2n) is 5.21. The largest absolute Gasteiger partial charge is 0.494 e. The van der Waals surface area contributed by atoms with Gasteiger partial charge in [0.1, 0.15) is 5.75 Å². The molecule has 0 heterocycles. The molecule has 3 heteroatoms. The molecule has 1 aliphatic rings. The fraction of sp³-hybridized carbons (Fsp3) is 0.600. The van der Waals surface area contributed by atoms with Crippen LogP contribution in [0.5, 0.6) is 5.75 Å². The van der Waals surface area contributed by atoms with E-state index in [0.29, 0.717) is 19.1 Å². The number of nitrogens with two attached hydrogens (primary N) is 1. The van der Waals surface area contributed by atoms with Crippen molar-refractivity contribution in [3.63, 3.8) is 0 Å². The van der Waals surface area contributed by atoms with Crippen molar-refractivity contribution in [2.75, 3.05) is 13.2 Å². The van der Waals surface area contributed by atoms with E-state index in [1.807, 2.05) is 19.1 Å². The average Bonchev–Trinajstić information content (AvgIpc) is 2.40. The molecule has 1 aliphatic carbocycles. The lowest BCUT2D eigenvalue weighted by Gasteiger charge is -2.35. The van der Waals surface area contributed by atoms with Crippen LogP contribution in [0.2, 0.25) is 0 Å². The Labute approximate surface area is 109 Å². The molecule has 0 aliphatic heterocycles. The third-order valence-electron chi connectivity index (χ3n) is 3.94. The molecule has 1 saturated carbocycles. The number of hydrogen-bond donors (Lipinski definition) is 2. The van der Waals surface area contributed by atoms with Gasteiger partial charge in [-0.05, 0) is 56.2 Å². The monoisotopic (exact) mass is 249 g/mol. The van der Waals surface area contributed by atoms with E-state index in [-0.39, 0.29) is 0 Å². The summed E-state index contributed by atoms with van der Waals surface area (Å²) in [5.41, 5.74) is 6.30. The third kappa shape index (κ3) is 3.03. The van der Waals surface area contributed by atoms with E-state index < -0.39 is 5.60 Å². The minimum absolute atomic E-state index is 0.374. The van der Waals surface area contributed by atoms with Crippen molar-refractivity contribution in [3.8, 4) is 5.75 Å². The fourth-order valence-electron chi connectivity index (χ4n) is 2.72. The second kappa shape index (κ2) is 5.72. The molecule has 3 N–H and O–H groups in total. The highest BCUT2D eigenvalue weighted by Crippen LogP contribution is 2.38. The third-order valence-corrected chi connectivity index (χ3v) is 3.94. The minimum Gasteiger partial charge on any atom is -0.494 e. The van der Waals surface area contributed by atoms with E-state index in [0.717, 1.165) is 31.4 Å². The summed E-state index contributed by atoms with van der Waals surface area (Å²) in [7, 11) is 0. The molecule has 1 aromatic rings. The smallest absolute Gasteiger partial charge is 0.119 e. The van der Waals surface area contributed by atoms with Gasteiger partial charge in [0.15, 0.2) is 0 Å². The molecule has 0 unspecified atom stereocenters. The van der Waals surface area contributed by atoms with Crippen LogP contribution in [0, 0.1) is 0 Å². The summed E-state index contributed by atoms with van der Waals surface area (Å²) in [6.45, 7) is 3.06. The number of ether oxygens (including phenoxy) is 1. The van der Waals surface area contributed by atoms with E-state index >= 15 is 0 Å². The van der Waals surface area contributed by atoms with Crippen LogP contribution in [0.4, 0.5) is 0 Å². The topological polar surface area (TPSA) is 55.5 Å². The van der Waals surface area contributed by atoms with Gasteiger partial charge in [-0.1, -0.05) is 12.1 Å². The molecule has 3 nitrogen and oxygen atoms in total. The van der Waals surface area contributed by atoms with E-state index in [1.54, 1.807) is 0 Å². The Morgan fingerprint density at radius 3 is 2.72 bits per heavy atom.